The van der Waals surface area contributed by atoms with E-state index in [9.17, 15) is 9.59 Å². The fourth-order valence-corrected chi connectivity index (χ4v) is 3.12. The molecule has 158 valence electrons. The number of carbonyl (C=O) groups excluding carboxylic acids is 2. The third-order valence-corrected chi connectivity index (χ3v) is 4.72. The number of hydrogen-bond donors (Lipinski definition) is 1. The number of nitrogens with zero attached hydrogens (tertiary/aromatic N) is 3. The fourth-order valence-electron chi connectivity index (χ4n) is 2.67. The average Bonchev–Trinajstić information content (AvgIpc) is 3.13. The Morgan fingerprint density at radius 1 is 1.28 bits per heavy atom. The third-order valence-electron chi connectivity index (χ3n) is 4.17. The van der Waals surface area contributed by atoms with Crippen LogP contribution in [-0.4, -0.2) is 39.9 Å². The summed E-state index contributed by atoms with van der Waals surface area (Å²) in [6.45, 7) is 6.40. The van der Waals surface area contributed by atoms with Crippen molar-refractivity contribution in [3.63, 3.8) is 0 Å². The van der Waals surface area contributed by atoms with Crippen LogP contribution in [0.3, 0.4) is 0 Å². The molecule has 2 rings (SSSR count). The molecule has 1 N–H and O–H groups in total. The Bertz CT molecular complexity index is 839. The largest absolute Gasteiger partial charge is 0.339 e. The van der Waals surface area contributed by atoms with Crippen molar-refractivity contribution in [3.05, 3.63) is 40.0 Å². The predicted octanol–water partition coefficient (Wildman–Crippen LogP) is 4.70. The van der Waals surface area contributed by atoms with Gasteiger partial charge in [0, 0.05) is 30.3 Å². The number of nitrogens with one attached hydrogen (secondary N) is 1. The minimum absolute atomic E-state index is 0.0380. The number of benzene rings is 1. The van der Waals surface area contributed by atoms with Gasteiger partial charge < -0.3 is 14.7 Å². The summed E-state index contributed by atoms with van der Waals surface area (Å²) in [5, 5.41) is 7.47. The minimum Gasteiger partial charge on any atom is -0.339 e. The minimum atomic E-state index is -0.311. The smallest absolute Gasteiger partial charge is 0.244 e. The van der Waals surface area contributed by atoms with E-state index >= 15 is 0 Å². The second-order valence-electron chi connectivity index (χ2n) is 7.04. The molecular weight excluding hydrogens is 415 g/mol. The zero-order chi connectivity index (χ0) is 21.4. The Hall–Kier alpha value is -2.12. The molecule has 0 aliphatic heterocycles. The quantitative estimate of drug-likeness (QED) is 0.578. The van der Waals surface area contributed by atoms with Crippen LogP contribution in [0.2, 0.25) is 10.0 Å². The van der Waals surface area contributed by atoms with Crippen molar-refractivity contribution in [2.75, 3.05) is 18.4 Å². The van der Waals surface area contributed by atoms with Gasteiger partial charge in [-0.3, -0.25) is 9.59 Å². The summed E-state index contributed by atoms with van der Waals surface area (Å²) < 4.78 is 5.19. The highest BCUT2D eigenvalue weighted by Gasteiger charge is 2.18. The Labute approximate surface area is 180 Å². The summed E-state index contributed by atoms with van der Waals surface area (Å²) in [4.78, 5) is 30.8. The summed E-state index contributed by atoms with van der Waals surface area (Å²) in [6, 6.07) is 4.82. The first-order chi connectivity index (χ1) is 13.8. The molecule has 2 amide bonds. The van der Waals surface area contributed by atoms with Gasteiger partial charge in [0.1, 0.15) is 0 Å². The maximum absolute atomic E-state index is 12.6. The normalized spacial score (nSPS) is 11.0. The van der Waals surface area contributed by atoms with Crippen LogP contribution in [0, 0.1) is 0 Å². The number of aryl methyl sites for hydroxylation is 1. The summed E-state index contributed by atoms with van der Waals surface area (Å²) in [5.41, 5.74) is 0.460. The maximum atomic E-state index is 12.6. The van der Waals surface area contributed by atoms with Gasteiger partial charge in [-0.15, -0.1) is 0 Å². The Kier molecular flexibility index (Phi) is 8.92. The van der Waals surface area contributed by atoms with E-state index in [-0.39, 0.29) is 24.3 Å². The summed E-state index contributed by atoms with van der Waals surface area (Å²) in [7, 11) is 0. The molecule has 0 aliphatic rings. The number of aromatic nitrogens is 2. The molecule has 1 aromatic heterocycles. The molecule has 0 atom stereocenters. The van der Waals surface area contributed by atoms with Gasteiger partial charge in [-0.05, 0) is 31.0 Å². The lowest BCUT2D eigenvalue weighted by atomic mass is 10.2. The molecule has 9 heteroatoms. The van der Waals surface area contributed by atoms with E-state index in [1.54, 1.807) is 23.1 Å². The van der Waals surface area contributed by atoms with Crippen LogP contribution in [0.5, 0.6) is 0 Å². The van der Waals surface area contributed by atoms with Crippen molar-refractivity contribution < 1.29 is 14.1 Å². The molecule has 0 fully saturated rings. The van der Waals surface area contributed by atoms with Crippen LogP contribution in [0.25, 0.3) is 0 Å². The van der Waals surface area contributed by atoms with E-state index in [1.807, 2.05) is 20.8 Å². The zero-order valence-corrected chi connectivity index (χ0v) is 18.4. The number of halogens is 2. The van der Waals surface area contributed by atoms with Gasteiger partial charge in [-0.2, -0.15) is 4.98 Å². The zero-order valence-electron chi connectivity index (χ0n) is 16.9. The highest BCUT2D eigenvalue weighted by molar-refractivity contribution is 6.36. The van der Waals surface area contributed by atoms with Crippen LogP contribution in [-0.2, 0) is 16.0 Å². The maximum Gasteiger partial charge on any atom is 0.244 e. The number of hydrogen-bond acceptors (Lipinski definition) is 5. The SMILES string of the molecule is CCCN(CC(=O)Nc1ccc(Cl)cc1Cl)C(=O)CCCc1nc(C(C)C)no1. The molecule has 1 aromatic carbocycles. The predicted molar refractivity (Wildman–Crippen MR) is 113 cm³/mol. The number of carbonyl (C=O) groups is 2. The van der Waals surface area contributed by atoms with Crippen molar-refractivity contribution in [2.45, 2.75) is 52.4 Å². The molecule has 0 unspecified atom stereocenters. The monoisotopic (exact) mass is 440 g/mol. The van der Waals surface area contributed by atoms with E-state index in [0.717, 1.165) is 6.42 Å². The molecule has 0 bridgehead atoms. The summed E-state index contributed by atoms with van der Waals surface area (Å²) >= 11 is 11.9. The first-order valence-corrected chi connectivity index (χ1v) is 10.4. The van der Waals surface area contributed by atoms with E-state index < -0.39 is 0 Å². The van der Waals surface area contributed by atoms with Crippen LogP contribution < -0.4 is 5.32 Å². The first kappa shape index (κ1) is 23.2. The van der Waals surface area contributed by atoms with Crippen molar-refractivity contribution in [1.29, 1.82) is 0 Å². The van der Waals surface area contributed by atoms with Crippen molar-refractivity contribution >= 4 is 40.7 Å². The molecule has 0 spiro atoms. The van der Waals surface area contributed by atoms with E-state index in [1.165, 1.54) is 0 Å². The van der Waals surface area contributed by atoms with Gasteiger partial charge >= 0.3 is 0 Å². The third kappa shape index (κ3) is 7.33. The molecule has 1 heterocycles. The number of rotatable bonds is 10. The van der Waals surface area contributed by atoms with Crippen molar-refractivity contribution in [2.24, 2.45) is 0 Å². The second-order valence-corrected chi connectivity index (χ2v) is 7.89. The van der Waals surface area contributed by atoms with E-state index in [2.05, 4.69) is 15.5 Å². The van der Waals surface area contributed by atoms with Crippen LogP contribution in [0.1, 0.15) is 57.7 Å². The molecule has 2 aromatic rings. The molecule has 0 saturated heterocycles. The highest BCUT2D eigenvalue weighted by Crippen LogP contribution is 2.25. The standard InChI is InChI=1S/C20H26Cl2N4O3/c1-4-10-26(12-17(27)23-16-9-8-14(21)11-15(16)22)19(28)7-5-6-18-24-20(13(2)3)25-29-18/h8-9,11,13H,4-7,10,12H2,1-3H3,(H,23,27). The highest BCUT2D eigenvalue weighted by atomic mass is 35.5. The average molecular weight is 441 g/mol. The van der Waals surface area contributed by atoms with Gasteiger partial charge in [-0.25, -0.2) is 0 Å². The van der Waals surface area contributed by atoms with Crippen molar-refractivity contribution in [1.82, 2.24) is 15.0 Å². The van der Waals surface area contributed by atoms with Gasteiger partial charge in [0.2, 0.25) is 17.7 Å². The summed E-state index contributed by atoms with van der Waals surface area (Å²) in [5.74, 6) is 0.985. The lowest BCUT2D eigenvalue weighted by Crippen LogP contribution is -2.38. The fraction of sp³-hybridized carbons (Fsp3) is 0.500. The van der Waals surface area contributed by atoms with E-state index in [4.69, 9.17) is 27.7 Å². The molecular formula is C20H26Cl2N4O3. The van der Waals surface area contributed by atoms with Crippen LogP contribution in [0.4, 0.5) is 5.69 Å². The van der Waals surface area contributed by atoms with Crippen LogP contribution >= 0.6 is 23.2 Å². The Morgan fingerprint density at radius 2 is 2.03 bits per heavy atom. The number of amides is 2. The topological polar surface area (TPSA) is 88.3 Å². The summed E-state index contributed by atoms with van der Waals surface area (Å²) in [6.07, 6.45) is 2.15. The van der Waals surface area contributed by atoms with Crippen LogP contribution in [0.15, 0.2) is 22.7 Å². The molecule has 7 nitrogen and oxygen atoms in total. The lowest BCUT2D eigenvalue weighted by molar-refractivity contribution is -0.134. The van der Waals surface area contributed by atoms with Gasteiger partial charge in [-0.1, -0.05) is 49.1 Å². The lowest BCUT2D eigenvalue weighted by Gasteiger charge is -2.21. The van der Waals surface area contributed by atoms with Gasteiger partial charge in [0.15, 0.2) is 5.82 Å². The number of anilines is 1. The molecule has 0 saturated carbocycles. The van der Waals surface area contributed by atoms with Gasteiger partial charge in [0.25, 0.3) is 0 Å². The van der Waals surface area contributed by atoms with E-state index in [0.29, 0.717) is 53.3 Å². The second kappa shape index (κ2) is 11.2. The van der Waals surface area contributed by atoms with Gasteiger partial charge in [0.05, 0.1) is 17.3 Å². The molecule has 0 aliphatic carbocycles. The first-order valence-electron chi connectivity index (χ1n) is 9.65. The Balaban J connectivity index is 1.86. The molecule has 29 heavy (non-hydrogen) atoms. The Morgan fingerprint density at radius 3 is 2.66 bits per heavy atom. The van der Waals surface area contributed by atoms with Crippen molar-refractivity contribution in [3.8, 4) is 0 Å². The molecule has 0 radical (unpaired) electrons.